The summed E-state index contributed by atoms with van der Waals surface area (Å²) in [6.07, 6.45) is 3.00. The summed E-state index contributed by atoms with van der Waals surface area (Å²) in [5.41, 5.74) is 1.51. The molecule has 2 heterocycles. The van der Waals surface area contributed by atoms with Gasteiger partial charge in [-0.2, -0.15) is 0 Å². The lowest BCUT2D eigenvalue weighted by Gasteiger charge is -2.16. The smallest absolute Gasteiger partial charge is 0.266 e. The van der Waals surface area contributed by atoms with Gasteiger partial charge in [0.2, 0.25) is 0 Å². The van der Waals surface area contributed by atoms with Crippen LogP contribution in [0.4, 0.5) is 5.69 Å². The van der Waals surface area contributed by atoms with E-state index in [9.17, 15) is 9.90 Å². The molecule has 152 valence electrons. The summed E-state index contributed by atoms with van der Waals surface area (Å²) in [4.78, 5) is 15.7. The van der Waals surface area contributed by atoms with Crippen LogP contribution in [0.25, 0.3) is 0 Å². The Labute approximate surface area is 183 Å². The highest BCUT2D eigenvalue weighted by Crippen LogP contribution is 2.31. The molecule has 1 aliphatic rings. The molecule has 0 bridgehead atoms. The van der Waals surface area contributed by atoms with Gasteiger partial charge < -0.3 is 19.9 Å². The second kappa shape index (κ2) is 10.4. The molecule has 0 radical (unpaired) electrons. The summed E-state index contributed by atoms with van der Waals surface area (Å²) in [6.45, 7) is 3.83. The molecule has 8 heteroatoms. The molecule has 0 atom stereocenters. The Kier molecular flexibility index (Phi) is 7.95. The molecule has 2 aromatic rings. The van der Waals surface area contributed by atoms with Crippen molar-refractivity contribution in [2.24, 2.45) is 0 Å². The second-order valence-electron chi connectivity index (χ2n) is 6.60. The first-order chi connectivity index (χ1) is 13.6. The average Bonchev–Trinajstić information content (AvgIpc) is 3.32. The number of anilines is 1. The van der Waals surface area contributed by atoms with Crippen LogP contribution in [0.3, 0.4) is 0 Å². The zero-order valence-corrected chi connectivity index (χ0v) is 18.8. The maximum atomic E-state index is 12.7. The molecule has 1 aromatic heterocycles. The number of nitrogens with zero attached hydrogens (tertiary/aromatic N) is 1. The number of thiophene rings is 1. The Morgan fingerprint density at radius 2 is 2.07 bits per heavy atom. The number of aliphatic hydroxyl groups excluding tert-OH is 1. The largest absolute Gasteiger partial charge is 0.493 e. The van der Waals surface area contributed by atoms with Crippen LogP contribution in [0.15, 0.2) is 24.3 Å². The minimum Gasteiger partial charge on any atom is -0.493 e. The van der Waals surface area contributed by atoms with Crippen molar-refractivity contribution in [2.75, 3.05) is 45.3 Å². The Morgan fingerprint density at radius 1 is 1.29 bits per heavy atom. The van der Waals surface area contributed by atoms with Crippen molar-refractivity contribution in [3.8, 4) is 11.5 Å². The van der Waals surface area contributed by atoms with Crippen LogP contribution in [0, 0.1) is 2.88 Å². The number of methoxy groups -OCH3 is 1. The standard InChI is InChI=1S/C20H25IN2O4S/c1-26-17-13-15(4-5-16(17)27-11-9-23-7-2-3-8-23)22-20(25)19-14(6-10-24)12-18(21)28-19/h4-5,12-13,24H,2-3,6-11H2,1H3,(H,22,25). The van der Waals surface area contributed by atoms with Gasteiger partial charge in [-0.1, -0.05) is 0 Å². The van der Waals surface area contributed by atoms with Crippen molar-refractivity contribution in [3.63, 3.8) is 0 Å². The fourth-order valence-corrected chi connectivity index (χ4v) is 5.11. The van der Waals surface area contributed by atoms with E-state index in [0.29, 0.717) is 35.1 Å². The number of ether oxygens (including phenoxy) is 2. The van der Waals surface area contributed by atoms with E-state index >= 15 is 0 Å². The van der Waals surface area contributed by atoms with E-state index in [1.54, 1.807) is 13.2 Å². The lowest BCUT2D eigenvalue weighted by molar-refractivity contribution is 0.102. The number of halogens is 1. The molecular weight excluding hydrogens is 491 g/mol. The summed E-state index contributed by atoms with van der Waals surface area (Å²) >= 11 is 3.61. The number of hydrogen-bond acceptors (Lipinski definition) is 6. The van der Waals surface area contributed by atoms with Gasteiger partial charge in [0.25, 0.3) is 5.91 Å². The number of likely N-dealkylation sites (tertiary alicyclic amines) is 1. The van der Waals surface area contributed by atoms with Gasteiger partial charge in [0, 0.05) is 24.9 Å². The lowest BCUT2D eigenvalue weighted by Crippen LogP contribution is -2.25. The third-order valence-electron chi connectivity index (χ3n) is 4.65. The zero-order chi connectivity index (χ0) is 19.9. The van der Waals surface area contributed by atoms with E-state index in [-0.39, 0.29) is 12.5 Å². The predicted molar refractivity (Wildman–Crippen MR) is 120 cm³/mol. The first kappa shape index (κ1) is 21.4. The van der Waals surface area contributed by atoms with E-state index in [0.717, 1.165) is 28.1 Å². The van der Waals surface area contributed by atoms with Gasteiger partial charge in [-0.05, 0) is 78.7 Å². The van der Waals surface area contributed by atoms with E-state index < -0.39 is 0 Å². The molecule has 28 heavy (non-hydrogen) atoms. The maximum Gasteiger partial charge on any atom is 0.266 e. The number of amides is 1. The molecule has 0 spiro atoms. The summed E-state index contributed by atoms with van der Waals surface area (Å²) in [7, 11) is 1.59. The van der Waals surface area contributed by atoms with Crippen LogP contribution in [-0.4, -0.2) is 55.9 Å². The zero-order valence-electron chi connectivity index (χ0n) is 15.9. The summed E-state index contributed by atoms with van der Waals surface area (Å²) < 4.78 is 12.3. The Hall–Kier alpha value is -1.36. The quantitative estimate of drug-likeness (QED) is 0.499. The van der Waals surface area contributed by atoms with Crippen LogP contribution >= 0.6 is 33.9 Å². The number of benzene rings is 1. The van der Waals surface area contributed by atoms with Gasteiger partial charge >= 0.3 is 0 Å². The van der Waals surface area contributed by atoms with Gasteiger partial charge in [-0.15, -0.1) is 11.3 Å². The van der Waals surface area contributed by atoms with Gasteiger partial charge in [0.05, 0.1) is 14.9 Å². The summed E-state index contributed by atoms with van der Waals surface area (Å²) in [5.74, 6) is 1.09. The predicted octanol–water partition coefficient (Wildman–Crippen LogP) is 3.62. The van der Waals surface area contributed by atoms with E-state index in [1.165, 1.54) is 24.2 Å². The SMILES string of the molecule is COc1cc(NC(=O)c2sc(I)cc2CCO)ccc1OCCN1CCCC1. The number of nitrogens with one attached hydrogen (secondary N) is 1. The first-order valence-corrected chi connectivity index (χ1v) is 11.2. The molecule has 0 unspecified atom stereocenters. The van der Waals surface area contributed by atoms with Crippen LogP contribution in [0.2, 0.25) is 0 Å². The van der Waals surface area contributed by atoms with Crippen molar-refractivity contribution in [3.05, 3.63) is 37.6 Å². The van der Waals surface area contributed by atoms with Gasteiger partial charge in [0.15, 0.2) is 11.5 Å². The maximum absolute atomic E-state index is 12.7. The van der Waals surface area contributed by atoms with Crippen LogP contribution < -0.4 is 14.8 Å². The molecule has 1 amide bonds. The van der Waals surface area contributed by atoms with E-state index in [4.69, 9.17) is 9.47 Å². The molecule has 3 rings (SSSR count). The van der Waals surface area contributed by atoms with E-state index in [1.807, 2.05) is 18.2 Å². The molecule has 0 aliphatic carbocycles. The minimum absolute atomic E-state index is 0.0182. The Bertz CT molecular complexity index is 805. The topological polar surface area (TPSA) is 71.0 Å². The van der Waals surface area contributed by atoms with Crippen molar-refractivity contribution >= 4 is 45.5 Å². The number of carbonyl (C=O) groups is 1. The van der Waals surface area contributed by atoms with Gasteiger partial charge in [0.1, 0.15) is 6.61 Å². The monoisotopic (exact) mass is 516 g/mol. The molecule has 1 saturated heterocycles. The average molecular weight is 516 g/mol. The van der Waals surface area contributed by atoms with Crippen LogP contribution in [-0.2, 0) is 6.42 Å². The van der Waals surface area contributed by atoms with Crippen molar-refractivity contribution in [2.45, 2.75) is 19.3 Å². The fraction of sp³-hybridized carbons (Fsp3) is 0.450. The fourth-order valence-electron chi connectivity index (χ4n) is 3.24. The molecule has 1 aromatic carbocycles. The number of carbonyl (C=O) groups excluding carboxylic acids is 1. The van der Waals surface area contributed by atoms with Crippen LogP contribution in [0.5, 0.6) is 11.5 Å². The highest BCUT2D eigenvalue weighted by molar-refractivity contribution is 14.1. The number of aliphatic hydroxyl groups is 1. The molecule has 1 aliphatic heterocycles. The van der Waals surface area contributed by atoms with Gasteiger partial charge in [-0.3, -0.25) is 9.69 Å². The third kappa shape index (κ3) is 5.59. The molecule has 1 fully saturated rings. The molecule has 2 N–H and O–H groups in total. The van der Waals surface area contributed by atoms with Crippen molar-refractivity contribution in [1.29, 1.82) is 0 Å². The van der Waals surface area contributed by atoms with E-state index in [2.05, 4.69) is 32.8 Å². The highest BCUT2D eigenvalue weighted by Gasteiger charge is 2.17. The lowest BCUT2D eigenvalue weighted by atomic mass is 10.2. The van der Waals surface area contributed by atoms with Gasteiger partial charge in [-0.25, -0.2) is 0 Å². The minimum atomic E-state index is -0.180. The summed E-state index contributed by atoms with van der Waals surface area (Å²) in [5, 5.41) is 12.1. The molecule has 6 nitrogen and oxygen atoms in total. The third-order valence-corrected chi connectivity index (χ3v) is 6.59. The molecular formula is C20H25IN2O4S. The normalized spacial score (nSPS) is 14.2. The molecule has 0 saturated carbocycles. The van der Waals surface area contributed by atoms with Crippen LogP contribution in [0.1, 0.15) is 28.1 Å². The Morgan fingerprint density at radius 3 is 2.79 bits per heavy atom. The second-order valence-corrected chi connectivity index (χ2v) is 9.54. The highest BCUT2D eigenvalue weighted by atomic mass is 127. The van der Waals surface area contributed by atoms with Crippen molar-refractivity contribution < 1.29 is 19.4 Å². The first-order valence-electron chi connectivity index (χ1n) is 9.34. The van der Waals surface area contributed by atoms with Crippen molar-refractivity contribution in [1.82, 2.24) is 4.90 Å². The summed E-state index contributed by atoms with van der Waals surface area (Å²) in [6, 6.07) is 7.35. The Balaban J connectivity index is 1.63. The number of hydrogen-bond donors (Lipinski definition) is 2. The number of rotatable bonds is 9.